The fourth-order valence-corrected chi connectivity index (χ4v) is 2.59. The second-order valence-corrected chi connectivity index (χ2v) is 6.03. The van der Waals surface area contributed by atoms with Crippen LogP contribution in [0.4, 0.5) is 0 Å². The molecule has 0 bridgehead atoms. The summed E-state index contributed by atoms with van der Waals surface area (Å²) in [7, 11) is 1.42. The number of aromatic amines is 1. The number of fused-ring (bicyclic) bond motifs is 1. The molecular formula is C16H21ClN2O2. The highest BCUT2D eigenvalue weighted by molar-refractivity contribution is 6.31. The van der Waals surface area contributed by atoms with Crippen LogP contribution >= 0.6 is 11.6 Å². The Labute approximate surface area is 129 Å². The number of methoxy groups -OCH3 is 1. The third-order valence-corrected chi connectivity index (χ3v) is 3.70. The van der Waals surface area contributed by atoms with E-state index in [1.807, 2.05) is 24.4 Å². The lowest BCUT2D eigenvalue weighted by Gasteiger charge is -2.18. The molecule has 1 aromatic heterocycles. The zero-order chi connectivity index (χ0) is 15.4. The van der Waals surface area contributed by atoms with E-state index in [9.17, 15) is 4.79 Å². The van der Waals surface area contributed by atoms with Crippen LogP contribution in [0.3, 0.4) is 0 Å². The summed E-state index contributed by atoms with van der Waals surface area (Å²) >= 11 is 5.98. The molecule has 0 saturated heterocycles. The van der Waals surface area contributed by atoms with Crippen molar-refractivity contribution in [2.24, 2.45) is 5.92 Å². The molecule has 2 N–H and O–H groups in total. The summed E-state index contributed by atoms with van der Waals surface area (Å²) in [5, 5.41) is 5.10. The van der Waals surface area contributed by atoms with E-state index in [4.69, 9.17) is 16.3 Å². The van der Waals surface area contributed by atoms with Crippen LogP contribution in [0.5, 0.6) is 0 Å². The molecule has 4 nitrogen and oxygen atoms in total. The summed E-state index contributed by atoms with van der Waals surface area (Å²) in [6.07, 6.45) is 2.69. The van der Waals surface area contributed by atoms with Gasteiger partial charge in [-0.3, -0.25) is 4.79 Å². The number of hydrogen-bond acceptors (Lipinski definition) is 3. The first-order valence-corrected chi connectivity index (χ1v) is 7.45. The Morgan fingerprint density at radius 2 is 2.19 bits per heavy atom. The fourth-order valence-electron chi connectivity index (χ4n) is 2.41. The molecule has 0 aliphatic heterocycles. The van der Waals surface area contributed by atoms with Gasteiger partial charge in [0.1, 0.15) is 6.04 Å². The molecule has 0 aliphatic rings. The monoisotopic (exact) mass is 308 g/mol. The molecule has 0 spiro atoms. The molecule has 0 saturated carbocycles. The van der Waals surface area contributed by atoms with E-state index in [1.54, 1.807) is 0 Å². The normalized spacial score (nSPS) is 12.8. The highest BCUT2D eigenvalue weighted by Gasteiger charge is 2.20. The molecule has 0 radical (unpaired) electrons. The quantitative estimate of drug-likeness (QED) is 0.803. The lowest BCUT2D eigenvalue weighted by atomic mass is 10.0. The Morgan fingerprint density at radius 1 is 1.43 bits per heavy atom. The number of benzene rings is 1. The van der Waals surface area contributed by atoms with Crippen molar-refractivity contribution < 1.29 is 9.53 Å². The van der Waals surface area contributed by atoms with Crippen molar-refractivity contribution in [2.45, 2.75) is 32.9 Å². The highest BCUT2D eigenvalue weighted by atomic mass is 35.5. The number of aromatic nitrogens is 1. The van der Waals surface area contributed by atoms with Crippen molar-refractivity contribution in [3.63, 3.8) is 0 Å². The Hall–Kier alpha value is -1.52. The third kappa shape index (κ3) is 3.99. The van der Waals surface area contributed by atoms with E-state index in [1.165, 1.54) is 7.11 Å². The van der Waals surface area contributed by atoms with Gasteiger partial charge in [-0.25, -0.2) is 0 Å². The number of carbonyl (C=O) groups is 1. The van der Waals surface area contributed by atoms with Crippen LogP contribution < -0.4 is 5.32 Å². The van der Waals surface area contributed by atoms with E-state index >= 15 is 0 Å². The zero-order valence-electron chi connectivity index (χ0n) is 12.6. The first-order chi connectivity index (χ1) is 10.0. The number of nitrogens with one attached hydrogen (secondary N) is 2. The van der Waals surface area contributed by atoms with E-state index < -0.39 is 0 Å². The van der Waals surface area contributed by atoms with Crippen LogP contribution in [-0.4, -0.2) is 24.1 Å². The van der Waals surface area contributed by atoms with Crippen molar-refractivity contribution in [1.29, 1.82) is 0 Å². The van der Waals surface area contributed by atoms with E-state index in [2.05, 4.69) is 24.1 Å². The summed E-state index contributed by atoms with van der Waals surface area (Å²) in [4.78, 5) is 15.0. The Bertz CT molecular complexity index is 622. The predicted molar refractivity (Wildman–Crippen MR) is 85.4 cm³/mol. The minimum absolute atomic E-state index is 0.216. The lowest BCUT2D eigenvalue weighted by molar-refractivity contribution is -0.143. The van der Waals surface area contributed by atoms with Gasteiger partial charge in [-0.15, -0.1) is 0 Å². The number of esters is 1. The van der Waals surface area contributed by atoms with Gasteiger partial charge in [0, 0.05) is 28.7 Å². The van der Waals surface area contributed by atoms with Crippen LogP contribution in [0.1, 0.15) is 25.8 Å². The maximum absolute atomic E-state index is 11.8. The molecule has 2 aromatic rings. The third-order valence-electron chi connectivity index (χ3n) is 3.46. The van der Waals surface area contributed by atoms with Crippen LogP contribution in [0.2, 0.25) is 5.02 Å². The minimum atomic E-state index is -0.285. The summed E-state index contributed by atoms with van der Waals surface area (Å²) in [6, 6.07) is 5.47. The summed E-state index contributed by atoms with van der Waals surface area (Å²) in [5.74, 6) is 0.204. The number of carbonyl (C=O) groups excluding carboxylic acids is 1. The van der Waals surface area contributed by atoms with Gasteiger partial charge in [-0.1, -0.05) is 31.5 Å². The topological polar surface area (TPSA) is 54.1 Å². The number of H-pyrrole nitrogens is 1. The van der Waals surface area contributed by atoms with Crippen molar-refractivity contribution in [3.05, 3.63) is 35.0 Å². The van der Waals surface area contributed by atoms with E-state index in [-0.39, 0.29) is 12.0 Å². The smallest absolute Gasteiger partial charge is 0.322 e. The standard InChI is InChI=1S/C16H21ClN2O2/c1-10(2)6-15(16(20)21-3)19-9-11-8-18-14-7-12(17)4-5-13(11)14/h4-5,7-8,10,15,18-19H,6,9H2,1-3H3. The average molecular weight is 309 g/mol. The van der Waals surface area contributed by atoms with Gasteiger partial charge >= 0.3 is 5.97 Å². The van der Waals surface area contributed by atoms with Gasteiger partial charge in [-0.2, -0.15) is 0 Å². The Kier molecular flexibility index (Phi) is 5.26. The van der Waals surface area contributed by atoms with Crippen LogP contribution in [0.15, 0.2) is 24.4 Å². The molecule has 1 aromatic carbocycles. The van der Waals surface area contributed by atoms with Gasteiger partial charge in [-0.05, 0) is 30.0 Å². The van der Waals surface area contributed by atoms with Gasteiger partial charge in [0.25, 0.3) is 0 Å². The number of halogens is 1. The molecule has 0 amide bonds. The number of rotatable bonds is 6. The van der Waals surface area contributed by atoms with Crippen LogP contribution in [0.25, 0.3) is 10.9 Å². The maximum Gasteiger partial charge on any atom is 0.322 e. The Balaban J connectivity index is 2.10. The zero-order valence-corrected chi connectivity index (χ0v) is 13.3. The first-order valence-electron chi connectivity index (χ1n) is 7.08. The van der Waals surface area contributed by atoms with E-state index in [0.29, 0.717) is 17.5 Å². The van der Waals surface area contributed by atoms with Gasteiger partial charge in [0.05, 0.1) is 7.11 Å². The second kappa shape index (κ2) is 6.96. The van der Waals surface area contributed by atoms with E-state index in [0.717, 1.165) is 22.9 Å². The predicted octanol–water partition coefficient (Wildman–Crippen LogP) is 3.50. The number of ether oxygens (including phenoxy) is 1. The largest absolute Gasteiger partial charge is 0.468 e. The molecule has 21 heavy (non-hydrogen) atoms. The molecule has 0 aliphatic carbocycles. The molecule has 1 unspecified atom stereocenters. The molecule has 0 fully saturated rings. The van der Waals surface area contributed by atoms with Gasteiger partial charge < -0.3 is 15.0 Å². The van der Waals surface area contributed by atoms with Crippen molar-refractivity contribution >= 4 is 28.5 Å². The molecule has 114 valence electrons. The first kappa shape index (κ1) is 15.9. The van der Waals surface area contributed by atoms with Gasteiger partial charge in [0.15, 0.2) is 0 Å². The average Bonchev–Trinajstić information content (AvgIpc) is 2.84. The molecule has 1 heterocycles. The van der Waals surface area contributed by atoms with Crippen LogP contribution in [0, 0.1) is 5.92 Å². The summed E-state index contributed by atoms with van der Waals surface area (Å²) in [5.41, 5.74) is 2.11. The molecular weight excluding hydrogens is 288 g/mol. The molecule has 1 atom stereocenters. The molecule has 2 rings (SSSR count). The van der Waals surface area contributed by atoms with Crippen molar-refractivity contribution in [2.75, 3.05) is 7.11 Å². The maximum atomic E-state index is 11.8. The minimum Gasteiger partial charge on any atom is -0.468 e. The fraction of sp³-hybridized carbons (Fsp3) is 0.438. The molecule has 5 heteroatoms. The summed E-state index contributed by atoms with van der Waals surface area (Å²) < 4.78 is 4.86. The SMILES string of the molecule is COC(=O)C(CC(C)C)NCc1c[nH]c2cc(Cl)ccc12. The van der Waals surface area contributed by atoms with Crippen LogP contribution in [-0.2, 0) is 16.1 Å². The highest BCUT2D eigenvalue weighted by Crippen LogP contribution is 2.22. The number of hydrogen-bond donors (Lipinski definition) is 2. The summed E-state index contributed by atoms with van der Waals surface area (Å²) in [6.45, 7) is 4.78. The Morgan fingerprint density at radius 3 is 2.86 bits per heavy atom. The van der Waals surface area contributed by atoms with Crippen molar-refractivity contribution in [1.82, 2.24) is 10.3 Å². The lowest BCUT2D eigenvalue weighted by Crippen LogP contribution is -2.38. The second-order valence-electron chi connectivity index (χ2n) is 5.59. The van der Waals surface area contributed by atoms with Crippen molar-refractivity contribution in [3.8, 4) is 0 Å². The van der Waals surface area contributed by atoms with Gasteiger partial charge in [0.2, 0.25) is 0 Å².